The highest BCUT2D eigenvalue weighted by Crippen LogP contribution is 2.38. The van der Waals surface area contributed by atoms with E-state index < -0.39 is 5.82 Å². The Kier molecular flexibility index (Phi) is 3.82. The van der Waals surface area contributed by atoms with Gasteiger partial charge >= 0.3 is 0 Å². The maximum atomic E-state index is 14.0. The first kappa shape index (κ1) is 14.8. The van der Waals surface area contributed by atoms with Crippen LogP contribution in [0.25, 0.3) is 11.3 Å². The zero-order chi connectivity index (χ0) is 15.7. The Labute approximate surface area is 125 Å². The number of methoxy groups -OCH3 is 1. The van der Waals surface area contributed by atoms with Gasteiger partial charge in [-0.2, -0.15) is 10.2 Å². The molecule has 1 aromatic heterocycles. The first-order chi connectivity index (χ1) is 9.90. The van der Waals surface area contributed by atoms with E-state index in [1.165, 1.54) is 13.2 Å². The normalized spacial score (nSPS) is 10.2. The van der Waals surface area contributed by atoms with Gasteiger partial charge in [0.1, 0.15) is 17.5 Å². The van der Waals surface area contributed by atoms with Crippen LogP contribution in [0.4, 0.5) is 16.2 Å². The first-order valence-corrected chi connectivity index (χ1v) is 6.14. The first-order valence-electron chi connectivity index (χ1n) is 5.76. The van der Waals surface area contributed by atoms with E-state index in [2.05, 4.69) is 9.97 Å². The van der Waals surface area contributed by atoms with Crippen molar-refractivity contribution in [3.63, 3.8) is 0 Å². The molecule has 0 aliphatic rings. The number of halogens is 2. The molecule has 21 heavy (non-hydrogen) atoms. The lowest BCUT2D eigenvalue weighted by molar-refractivity contribution is 0.386. The van der Waals surface area contributed by atoms with Crippen LogP contribution in [0.1, 0.15) is 11.1 Å². The molecule has 108 valence electrons. The van der Waals surface area contributed by atoms with Gasteiger partial charge < -0.3 is 16.2 Å². The van der Waals surface area contributed by atoms with Crippen molar-refractivity contribution in [2.24, 2.45) is 0 Å². The molecule has 8 heteroatoms. The molecule has 0 fully saturated rings. The molecule has 1 heterocycles. The molecule has 0 aliphatic heterocycles. The minimum absolute atomic E-state index is 0.00735. The third-order valence-corrected chi connectivity index (χ3v) is 3.40. The predicted octanol–water partition coefficient (Wildman–Crippen LogP) is 2.29. The van der Waals surface area contributed by atoms with Crippen LogP contribution >= 0.6 is 11.6 Å². The summed E-state index contributed by atoms with van der Waals surface area (Å²) in [4.78, 5) is 7.68. The van der Waals surface area contributed by atoms with Crippen LogP contribution in [0.15, 0.2) is 6.07 Å². The molecule has 2 rings (SSSR count). The summed E-state index contributed by atoms with van der Waals surface area (Å²) >= 11 is 6.07. The SMILES string of the molecule is COc1c(F)cc(-c2nc(N)nc(N)c2C#N)c(C)c1Cl. The Morgan fingerprint density at radius 2 is 2.05 bits per heavy atom. The minimum atomic E-state index is -0.678. The number of hydrogen-bond donors (Lipinski definition) is 2. The van der Waals surface area contributed by atoms with E-state index in [1.54, 1.807) is 6.92 Å². The van der Waals surface area contributed by atoms with Crippen molar-refractivity contribution < 1.29 is 9.13 Å². The quantitative estimate of drug-likeness (QED) is 0.880. The number of nitrogens with two attached hydrogens (primary N) is 2. The van der Waals surface area contributed by atoms with Gasteiger partial charge in [-0.25, -0.2) is 9.37 Å². The molecule has 0 amide bonds. The molecule has 0 aliphatic carbocycles. The van der Waals surface area contributed by atoms with Crippen LogP contribution in [0.5, 0.6) is 5.75 Å². The van der Waals surface area contributed by atoms with E-state index in [9.17, 15) is 9.65 Å². The number of benzene rings is 1. The van der Waals surface area contributed by atoms with E-state index in [0.29, 0.717) is 11.1 Å². The highest BCUT2D eigenvalue weighted by Gasteiger charge is 2.20. The number of anilines is 2. The number of ether oxygens (including phenoxy) is 1. The number of hydrogen-bond acceptors (Lipinski definition) is 6. The molecule has 0 unspecified atom stereocenters. The molecule has 1 aromatic carbocycles. The Bertz CT molecular complexity index is 772. The van der Waals surface area contributed by atoms with Gasteiger partial charge in [0.25, 0.3) is 0 Å². The third-order valence-electron chi connectivity index (χ3n) is 2.95. The summed E-state index contributed by atoms with van der Waals surface area (Å²) in [5, 5.41) is 9.27. The van der Waals surface area contributed by atoms with Gasteiger partial charge in [0.2, 0.25) is 5.95 Å². The average molecular weight is 308 g/mol. The van der Waals surface area contributed by atoms with Crippen LogP contribution in [0.3, 0.4) is 0 Å². The number of nitrogens with zero attached hydrogens (tertiary/aromatic N) is 3. The molecule has 0 saturated carbocycles. The largest absolute Gasteiger partial charge is 0.492 e. The molecule has 0 radical (unpaired) electrons. The maximum Gasteiger partial charge on any atom is 0.222 e. The Morgan fingerprint density at radius 3 is 2.62 bits per heavy atom. The van der Waals surface area contributed by atoms with Crippen molar-refractivity contribution in [3.05, 3.63) is 28.0 Å². The molecule has 6 nitrogen and oxygen atoms in total. The third kappa shape index (κ3) is 2.41. The Hall–Kier alpha value is -2.59. The molecule has 4 N–H and O–H groups in total. The second-order valence-electron chi connectivity index (χ2n) is 4.18. The van der Waals surface area contributed by atoms with Crippen molar-refractivity contribution in [1.29, 1.82) is 5.26 Å². The summed E-state index contributed by atoms with van der Waals surface area (Å²) in [6, 6.07) is 3.05. The smallest absolute Gasteiger partial charge is 0.222 e. The van der Waals surface area contributed by atoms with E-state index in [1.807, 2.05) is 6.07 Å². The predicted molar refractivity (Wildman–Crippen MR) is 77.3 cm³/mol. The topological polar surface area (TPSA) is 111 Å². The number of rotatable bonds is 2. The molecule has 0 bridgehead atoms. The van der Waals surface area contributed by atoms with Gasteiger partial charge in [0.15, 0.2) is 11.6 Å². The summed E-state index contributed by atoms with van der Waals surface area (Å²) in [6.45, 7) is 1.65. The van der Waals surface area contributed by atoms with Crippen molar-refractivity contribution in [2.75, 3.05) is 18.6 Å². The minimum Gasteiger partial charge on any atom is -0.492 e. The van der Waals surface area contributed by atoms with E-state index in [0.717, 1.165) is 0 Å². The fraction of sp³-hybridized carbons (Fsp3) is 0.154. The van der Waals surface area contributed by atoms with Crippen molar-refractivity contribution >= 4 is 23.4 Å². The van der Waals surface area contributed by atoms with E-state index >= 15 is 0 Å². The standard InChI is InChI=1S/C13H11ClFN5O/c1-5-6(3-8(15)11(21-2)9(5)14)10-7(4-16)12(17)20-13(18)19-10/h3H,1-2H3,(H4,17,18,19,20). The van der Waals surface area contributed by atoms with Crippen LogP contribution in [-0.2, 0) is 0 Å². The monoisotopic (exact) mass is 307 g/mol. The highest BCUT2D eigenvalue weighted by molar-refractivity contribution is 6.33. The summed E-state index contributed by atoms with van der Waals surface area (Å²) in [5.41, 5.74) is 12.1. The molecular formula is C13H11ClFN5O. The summed E-state index contributed by atoms with van der Waals surface area (Å²) in [5.74, 6) is -0.950. The van der Waals surface area contributed by atoms with Gasteiger partial charge in [-0.15, -0.1) is 0 Å². The van der Waals surface area contributed by atoms with Crippen molar-refractivity contribution in [1.82, 2.24) is 9.97 Å². The summed E-state index contributed by atoms with van der Waals surface area (Å²) in [7, 11) is 1.31. The summed E-state index contributed by atoms with van der Waals surface area (Å²) < 4.78 is 18.9. The molecule has 0 saturated heterocycles. The lowest BCUT2D eigenvalue weighted by atomic mass is 10.0. The lowest BCUT2D eigenvalue weighted by Gasteiger charge is -2.13. The lowest BCUT2D eigenvalue weighted by Crippen LogP contribution is -2.06. The molecule has 0 spiro atoms. The van der Waals surface area contributed by atoms with Crippen molar-refractivity contribution in [3.8, 4) is 23.1 Å². The van der Waals surface area contributed by atoms with Gasteiger partial charge in [0.05, 0.1) is 17.8 Å². The number of aromatic nitrogens is 2. The maximum absolute atomic E-state index is 14.0. The van der Waals surface area contributed by atoms with E-state index in [4.69, 9.17) is 27.8 Å². The summed E-state index contributed by atoms with van der Waals surface area (Å²) in [6.07, 6.45) is 0. The zero-order valence-electron chi connectivity index (χ0n) is 11.2. The van der Waals surface area contributed by atoms with E-state index in [-0.39, 0.29) is 33.8 Å². The van der Waals surface area contributed by atoms with Crippen LogP contribution < -0.4 is 16.2 Å². The van der Waals surface area contributed by atoms with Crippen LogP contribution in [-0.4, -0.2) is 17.1 Å². The Morgan fingerprint density at radius 1 is 1.38 bits per heavy atom. The Balaban J connectivity index is 2.84. The fourth-order valence-electron chi connectivity index (χ4n) is 1.93. The second kappa shape index (κ2) is 5.42. The van der Waals surface area contributed by atoms with Crippen molar-refractivity contribution in [2.45, 2.75) is 6.92 Å². The van der Waals surface area contributed by atoms with Crippen LogP contribution in [0, 0.1) is 24.1 Å². The molecule has 0 atom stereocenters. The average Bonchev–Trinajstić information content (AvgIpc) is 2.42. The van der Waals surface area contributed by atoms with Crippen LogP contribution in [0.2, 0.25) is 5.02 Å². The van der Waals surface area contributed by atoms with Gasteiger partial charge in [0, 0.05) is 5.56 Å². The second-order valence-corrected chi connectivity index (χ2v) is 4.56. The van der Waals surface area contributed by atoms with Gasteiger partial charge in [-0.05, 0) is 18.6 Å². The molecular weight excluding hydrogens is 297 g/mol. The number of nitriles is 1. The van der Waals surface area contributed by atoms with Gasteiger partial charge in [-0.1, -0.05) is 11.6 Å². The number of nitrogen functional groups attached to an aromatic ring is 2. The fourth-order valence-corrected chi connectivity index (χ4v) is 2.20. The highest BCUT2D eigenvalue weighted by atomic mass is 35.5. The zero-order valence-corrected chi connectivity index (χ0v) is 12.0. The molecule has 2 aromatic rings. The van der Waals surface area contributed by atoms with Gasteiger partial charge in [-0.3, -0.25) is 0 Å².